The molecule has 4 aromatic rings. The van der Waals surface area contributed by atoms with Crippen LogP contribution in [0.2, 0.25) is 15.1 Å². The molecule has 1 amide bonds. The van der Waals surface area contributed by atoms with Crippen LogP contribution in [0.15, 0.2) is 84.9 Å². The molecule has 0 aromatic heterocycles. The Morgan fingerprint density at radius 1 is 0.806 bits per heavy atom. The van der Waals surface area contributed by atoms with Crippen LogP contribution in [0.3, 0.4) is 0 Å². The summed E-state index contributed by atoms with van der Waals surface area (Å²) in [5.41, 5.74) is 1.30. The first-order chi connectivity index (χ1) is 15.0. The molecule has 0 fully saturated rings. The lowest BCUT2D eigenvalue weighted by Crippen LogP contribution is -2.07. The van der Waals surface area contributed by atoms with Crippen LogP contribution in [-0.4, -0.2) is 5.91 Å². The zero-order valence-electron chi connectivity index (χ0n) is 16.1. The maximum absolute atomic E-state index is 12.2. The molecule has 0 saturated heterocycles. The highest BCUT2D eigenvalue weighted by Crippen LogP contribution is 2.38. The third-order valence-corrected chi connectivity index (χ3v) is 5.60. The molecule has 0 radical (unpaired) electrons. The third-order valence-electron chi connectivity index (χ3n) is 4.57. The van der Waals surface area contributed by atoms with Crippen molar-refractivity contribution in [3.63, 3.8) is 0 Å². The number of anilines is 1. The Morgan fingerprint density at radius 3 is 2.35 bits per heavy atom. The van der Waals surface area contributed by atoms with E-state index in [1.807, 2.05) is 48.5 Å². The molecule has 31 heavy (non-hydrogen) atoms. The van der Waals surface area contributed by atoms with Crippen molar-refractivity contribution in [2.24, 2.45) is 0 Å². The standard InChI is InChI=1S/C25H16Cl3NO2/c26-20-8-4-2-6-17(20)10-14-24(30)29-18-11-13-22(21(27)15-18)31-23-12-9-16-5-1-3-7-19(16)25(23)28/h1-15H,(H,29,30). The number of hydrogen-bond donors (Lipinski definition) is 1. The normalized spacial score (nSPS) is 11.1. The van der Waals surface area contributed by atoms with Crippen LogP contribution >= 0.6 is 34.8 Å². The number of amides is 1. The molecule has 4 aromatic carbocycles. The number of hydrogen-bond acceptors (Lipinski definition) is 2. The molecule has 0 aliphatic rings. The Morgan fingerprint density at radius 2 is 1.55 bits per heavy atom. The van der Waals surface area contributed by atoms with Gasteiger partial charge in [0, 0.05) is 22.2 Å². The number of fused-ring (bicyclic) bond motifs is 1. The monoisotopic (exact) mass is 467 g/mol. The lowest BCUT2D eigenvalue weighted by Gasteiger charge is -2.12. The number of carbonyl (C=O) groups is 1. The molecule has 3 nitrogen and oxygen atoms in total. The van der Waals surface area contributed by atoms with Crippen LogP contribution < -0.4 is 10.1 Å². The number of carbonyl (C=O) groups excluding carboxylic acids is 1. The van der Waals surface area contributed by atoms with E-state index in [0.717, 1.165) is 16.3 Å². The zero-order chi connectivity index (χ0) is 21.8. The van der Waals surface area contributed by atoms with Crippen molar-refractivity contribution < 1.29 is 9.53 Å². The summed E-state index contributed by atoms with van der Waals surface area (Å²) in [6, 6.07) is 23.8. The van der Waals surface area contributed by atoms with Crippen molar-refractivity contribution in [3.8, 4) is 11.5 Å². The predicted molar refractivity (Wildman–Crippen MR) is 130 cm³/mol. The van der Waals surface area contributed by atoms with Gasteiger partial charge >= 0.3 is 0 Å². The number of rotatable bonds is 5. The van der Waals surface area contributed by atoms with Gasteiger partial charge in [0.2, 0.25) is 5.91 Å². The average molecular weight is 469 g/mol. The van der Waals surface area contributed by atoms with Crippen molar-refractivity contribution in [1.82, 2.24) is 0 Å². The molecule has 0 bridgehead atoms. The largest absolute Gasteiger partial charge is 0.454 e. The highest BCUT2D eigenvalue weighted by Gasteiger charge is 2.11. The molecule has 0 aliphatic heterocycles. The van der Waals surface area contributed by atoms with Crippen LogP contribution in [0.25, 0.3) is 16.8 Å². The summed E-state index contributed by atoms with van der Waals surface area (Å²) in [5.74, 6) is 0.632. The molecule has 0 atom stereocenters. The fourth-order valence-electron chi connectivity index (χ4n) is 3.03. The second-order valence-corrected chi connectivity index (χ2v) is 7.88. The molecule has 6 heteroatoms. The molecule has 0 spiro atoms. The summed E-state index contributed by atoms with van der Waals surface area (Å²) < 4.78 is 5.92. The lowest BCUT2D eigenvalue weighted by atomic mass is 10.1. The van der Waals surface area contributed by atoms with Crippen molar-refractivity contribution >= 4 is 63.2 Å². The molecular formula is C25H16Cl3NO2. The van der Waals surface area contributed by atoms with Gasteiger partial charge in [-0.3, -0.25) is 4.79 Å². The third kappa shape index (κ3) is 5.02. The van der Waals surface area contributed by atoms with Gasteiger partial charge in [-0.2, -0.15) is 0 Å². The van der Waals surface area contributed by atoms with Crippen LogP contribution in [-0.2, 0) is 4.79 Å². The molecule has 0 heterocycles. The Hall–Kier alpha value is -2.98. The van der Waals surface area contributed by atoms with Gasteiger partial charge in [0.05, 0.1) is 10.0 Å². The van der Waals surface area contributed by atoms with Gasteiger partial charge in [0.25, 0.3) is 0 Å². The molecule has 1 N–H and O–H groups in total. The summed E-state index contributed by atoms with van der Waals surface area (Å²) in [5, 5.41) is 6.11. The first-order valence-corrected chi connectivity index (χ1v) is 10.5. The van der Waals surface area contributed by atoms with Gasteiger partial charge < -0.3 is 10.1 Å². The van der Waals surface area contributed by atoms with E-state index in [1.165, 1.54) is 6.08 Å². The summed E-state index contributed by atoms with van der Waals surface area (Å²) in [6.45, 7) is 0. The highest BCUT2D eigenvalue weighted by atomic mass is 35.5. The minimum Gasteiger partial charge on any atom is -0.454 e. The van der Waals surface area contributed by atoms with Gasteiger partial charge in [-0.05, 0) is 47.4 Å². The van der Waals surface area contributed by atoms with Crippen LogP contribution in [0.5, 0.6) is 11.5 Å². The molecule has 154 valence electrons. The second kappa shape index (κ2) is 9.44. The number of halogens is 3. The van der Waals surface area contributed by atoms with E-state index in [1.54, 1.807) is 36.4 Å². The van der Waals surface area contributed by atoms with E-state index in [0.29, 0.717) is 32.3 Å². The van der Waals surface area contributed by atoms with Gasteiger partial charge in [-0.15, -0.1) is 0 Å². The summed E-state index contributed by atoms with van der Waals surface area (Å²) in [4.78, 5) is 12.2. The van der Waals surface area contributed by atoms with Crippen molar-refractivity contribution in [3.05, 3.63) is 106 Å². The predicted octanol–water partition coefficient (Wildman–Crippen LogP) is 8.24. The lowest BCUT2D eigenvalue weighted by molar-refractivity contribution is -0.111. The summed E-state index contributed by atoms with van der Waals surface area (Å²) >= 11 is 19.0. The van der Waals surface area contributed by atoms with E-state index >= 15 is 0 Å². The molecule has 0 aliphatic carbocycles. The highest BCUT2D eigenvalue weighted by molar-refractivity contribution is 6.37. The fraction of sp³-hybridized carbons (Fsp3) is 0. The van der Waals surface area contributed by atoms with Crippen molar-refractivity contribution in [1.29, 1.82) is 0 Å². The topological polar surface area (TPSA) is 38.3 Å². The first kappa shape index (κ1) is 21.3. The fourth-order valence-corrected chi connectivity index (χ4v) is 3.72. The summed E-state index contributed by atoms with van der Waals surface area (Å²) in [7, 11) is 0. The van der Waals surface area contributed by atoms with Gasteiger partial charge in [0.1, 0.15) is 11.5 Å². The Kier molecular flexibility index (Phi) is 6.47. The number of ether oxygens (including phenoxy) is 1. The number of benzene rings is 4. The Bertz CT molecular complexity index is 1300. The molecular weight excluding hydrogens is 453 g/mol. The van der Waals surface area contributed by atoms with Crippen LogP contribution in [0.1, 0.15) is 5.56 Å². The van der Waals surface area contributed by atoms with Crippen molar-refractivity contribution in [2.75, 3.05) is 5.32 Å². The van der Waals surface area contributed by atoms with Crippen LogP contribution in [0, 0.1) is 0 Å². The quantitative estimate of drug-likeness (QED) is 0.299. The smallest absolute Gasteiger partial charge is 0.248 e. The van der Waals surface area contributed by atoms with E-state index in [2.05, 4.69) is 5.32 Å². The van der Waals surface area contributed by atoms with E-state index in [-0.39, 0.29) is 5.91 Å². The van der Waals surface area contributed by atoms with E-state index in [9.17, 15) is 4.79 Å². The van der Waals surface area contributed by atoms with Crippen LogP contribution in [0.4, 0.5) is 5.69 Å². The molecule has 0 saturated carbocycles. The maximum atomic E-state index is 12.2. The first-order valence-electron chi connectivity index (χ1n) is 9.39. The minimum absolute atomic E-state index is 0.303. The van der Waals surface area contributed by atoms with Gasteiger partial charge in [-0.25, -0.2) is 0 Å². The van der Waals surface area contributed by atoms with Gasteiger partial charge in [-0.1, -0.05) is 83.3 Å². The minimum atomic E-state index is -0.303. The number of nitrogens with one attached hydrogen (secondary N) is 1. The van der Waals surface area contributed by atoms with E-state index < -0.39 is 0 Å². The SMILES string of the molecule is O=C(C=Cc1ccccc1Cl)Nc1ccc(Oc2ccc3ccccc3c2Cl)c(Cl)c1. The maximum Gasteiger partial charge on any atom is 0.248 e. The van der Waals surface area contributed by atoms with Gasteiger partial charge in [0.15, 0.2) is 0 Å². The summed E-state index contributed by atoms with van der Waals surface area (Å²) in [6.07, 6.45) is 3.06. The average Bonchev–Trinajstić information content (AvgIpc) is 2.77. The Balaban J connectivity index is 1.48. The van der Waals surface area contributed by atoms with E-state index in [4.69, 9.17) is 39.5 Å². The zero-order valence-corrected chi connectivity index (χ0v) is 18.4. The van der Waals surface area contributed by atoms with Crippen molar-refractivity contribution in [2.45, 2.75) is 0 Å². The Labute approximate surface area is 194 Å². The molecule has 0 unspecified atom stereocenters. The molecule has 4 rings (SSSR count). The second-order valence-electron chi connectivity index (χ2n) is 6.69.